The second-order valence-corrected chi connectivity index (χ2v) is 8.22. The van der Waals surface area contributed by atoms with E-state index in [-0.39, 0.29) is 35.9 Å². The number of aryl methyl sites for hydroxylation is 1. The zero-order chi connectivity index (χ0) is 18.9. The Morgan fingerprint density at radius 2 is 1.74 bits per heavy atom. The molecule has 27 heavy (non-hydrogen) atoms. The van der Waals surface area contributed by atoms with Gasteiger partial charge in [-0.05, 0) is 37.5 Å². The standard InChI is InChI=1S/C19H17Cl2N3O3/c1-9-6-15(22-23(9)8-10-2-3-11(20)12(21)7-10)24-18(25)16-13-4-5-14(27-13)17(16)19(24)26/h2-3,6-7,13-14,16-17H,4-5,8H2,1H3/t13-,14-,16-,17-/m1/s1. The second-order valence-electron chi connectivity index (χ2n) is 7.40. The normalized spacial score (nSPS) is 29.1. The molecule has 140 valence electrons. The van der Waals surface area contributed by atoms with Crippen molar-refractivity contribution in [2.24, 2.45) is 11.8 Å². The zero-order valence-corrected chi connectivity index (χ0v) is 16.1. The zero-order valence-electron chi connectivity index (χ0n) is 14.6. The summed E-state index contributed by atoms with van der Waals surface area (Å²) in [6.45, 7) is 2.37. The number of fused-ring (bicyclic) bond motifs is 5. The second kappa shape index (κ2) is 6.06. The predicted molar refractivity (Wildman–Crippen MR) is 99.9 cm³/mol. The third kappa shape index (κ3) is 2.54. The minimum Gasteiger partial charge on any atom is -0.373 e. The Kier molecular flexibility index (Phi) is 3.86. The predicted octanol–water partition coefficient (Wildman–Crippen LogP) is 3.21. The molecule has 3 saturated heterocycles. The molecule has 4 heterocycles. The van der Waals surface area contributed by atoms with E-state index in [4.69, 9.17) is 27.9 Å². The van der Waals surface area contributed by atoms with Crippen molar-refractivity contribution in [3.05, 3.63) is 45.6 Å². The van der Waals surface area contributed by atoms with Crippen LogP contribution >= 0.6 is 23.2 Å². The lowest BCUT2D eigenvalue weighted by Gasteiger charge is -2.15. The third-order valence-corrected chi connectivity index (χ3v) is 6.54. The first kappa shape index (κ1) is 17.2. The minimum atomic E-state index is -0.350. The number of carbonyl (C=O) groups is 2. The van der Waals surface area contributed by atoms with Gasteiger partial charge in [-0.15, -0.1) is 0 Å². The number of nitrogens with zero attached hydrogens (tertiary/aromatic N) is 3. The van der Waals surface area contributed by atoms with E-state index in [0.29, 0.717) is 22.4 Å². The number of imide groups is 1. The number of ether oxygens (including phenoxy) is 1. The van der Waals surface area contributed by atoms with Gasteiger partial charge in [0.15, 0.2) is 5.82 Å². The lowest BCUT2D eigenvalue weighted by atomic mass is 9.81. The molecule has 2 aromatic rings. The number of benzene rings is 1. The molecule has 0 spiro atoms. The molecular formula is C19H17Cl2N3O3. The number of halogens is 2. The van der Waals surface area contributed by atoms with Crippen molar-refractivity contribution in [3.63, 3.8) is 0 Å². The summed E-state index contributed by atoms with van der Waals surface area (Å²) in [5, 5.41) is 5.50. The average Bonchev–Trinajstić information content (AvgIpc) is 3.37. The smallest absolute Gasteiger partial charge is 0.241 e. The van der Waals surface area contributed by atoms with E-state index >= 15 is 0 Å². The van der Waals surface area contributed by atoms with Gasteiger partial charge in [0.05, 0.1) is 40.6 Å². The number of carbonyl (C=O) groups excluding carboxylic acids is 2. The average molecular weight is 406 g/mol. The fourth-order valence-corrected chi connectivity index (χ4v) is 4.83. The Hall–Kier alpha value is -1.89. The Morgan fingerprint density at radius 1 is 1.07 bits per heavy atom. The molecule has 4 atom stereocenters. The van der Waals surface area contributed by atoms with Crippen molar-refractivity contribution in [3.8, 4) is 0 Å². The third-order valence-electron chi connectivity index (χ3n) is 5.80. The van der Waals surface area contributed by atoms with Crippen LogP contribution in [-0.4, -0.2) is 33.8 Å². The lowest BCUT2D eigenvalue weighted by Crippen LogP contribution is -2.34. The van der Waals surface area contributed by atoms with Crippen molar-refractivity contribution < 1.29 is 14.3 Å². The summed E-state index contributed by atoms with van der Waals surface area (Å²) in [4.78, 5) is 27.0. The highest BCUT2D eigenvalue weighted by Crippen LogP contribution is 2.49. The number of amides is 2. The van der Waals surface area contributed by atoms with Gasteiger partial charge < -0.3 is 4.74 Å². The number of rotatable bonds is 3. The van der Waals surface area contributed by atoms with Crippen molar-refractivity contribution in [1.82, 2.24) is 9.78 Å². The van der Waals surface area contributed by atoms with E-state index < -0.39 is 0 Å². The molecule has 3 aliphatic heterocycles. The molecule has 2 amide bonds. The first-order valence-corrected chi connectivity index (χ1v) is 9.71. The maximum atomic E-state index is 12.9. The summed E-state index contributed by atoms with van der Waals surface area (Å²) in [5.41, 5.74) is 1.79. The highest BCUT2D eigenvalue weighted by atomic mass is 35.5. The summed E-state index contributed by atoms with van der Waals surface area (Å²) in [5.74, 6) is -0.683. The van der Waals surface area contributed by atoms with Crippen LogP contribution in [0.4, 0.5) is 5.82 Å². The summed E-state index contributed by atoms with van der Waals surface area (Å²) < 4.78 is 7.53. The van der Waals surface area contributed by atoms with Crippen LogP contribution in [0.2, 0.25) is 10.0 Å². The van der Waals surface area contributed by atoms with Crippen molar-refractivity contribution in [2.75, 3.05) is 4.90 Å². The van der Waals surface area contributed by atoms with Gasteiger partial charge in [0.25, 0.3) is 0 Å². The first-order valence-electron chi connectivity index (χ1n) is 8.95. The topological polar surface area (TPSA) is 64.4 Å². The van der Waals surface area contributed by atoms with Crippen molar-refractivity contribution >= 4 is 40.8 Å². The van der Waals surface area contributed by atoms with Crippen LogP contribution in [0.5, 0.6) is 0 Å². The van der Waals surface area contributed by atoms with Crippen LogP contribution in [-0.2, 0) is 20.9 Å². The van der Waals surface area contributed by atoms with Gasteiger partial charge in [0.1, 0.15) is 0 Å². The van der Waals surface area contributed by atoms with Crippen molar-refractivity contribution in [2.45, 2.75) is 38.5 Å². The molecule has 3 fully saturated rings. The molecule has 1 aromatic heterocycles. The molecule has 0 radical (unpaired) electrons. The summed E-state index contributed by atoms with van der Waals surface area (Å²) >= 11 is 12.0. The number of hydrogen-bond acceptors (Lipinski definition) is 4. The number of aromatic nitrogens is 2. The molecule has 5 rings (SSSR count). The maximum absolute atomic E-state index is 12.9. The van der Waals surface area contributed by atoms with E-state index in [1.165, 1.54) is 4.90 Å². The number of hydrogen-bond donors (Lipinski definition) is 0. The molecule has 0 aliphatic carbocycles. The SMILES string of the molecule is Cc1cc(N2C(=O)[C@H]3[C@H](C2=O)[C@H]2CC[C@H]3O2)nn1Cc1ccc(Cl)c(Cl)c1. The van der Waals surface area contributed by atoms with Gasteiger partial charge in [0.2, 0.25) is 11.8 Å². The van der Waals surface area contributed by atoms with Gasteiger partial charge in [0, 0.05) is 11.8 Å². The molecule has 2 bridgehead atoms. The van der Waals surface area contributed by atoms with Crippen LogP contribution in [0.25, 0.3) is 0 Å². The minimum absolute atomic E-state index is 0.124. The highest BCUT2D eigenvalue weighted by Gasteiger charge is 2.63. The monoisotopic (exact) mass is 405 g/mol. The van der Waals surface area contributed by atoms with Crippen LogP contribution in [0.3, 0.4) is 0 Å². The lowest BCUT2D eigenvalue weighted by molar-refractivity contribution is -0.124. The molecular weight excluding hydrogens is 389 g/mol. The maximum Gasteiger partial charge on any atom is 0.241 e. The fraction of sp³-hybridized carbons (Fsp3) is 0.421. The number of anilines is 1. The van der Waals surface area contributed by atoms with E-state index in [0.717, 1.165) is 24.1 Å². The molecule has 0 saturated carbocycles. The van der Waals surface area contributed by atoms with Gasteiger partial charge >= 0.3 is 0 Å². The summed E-state index contributed by atoms with van der Waals surface area (Å²) in [7, 11) is 0. The fourth-order valence-electron chi connectivity index (χ4n) is 4.51. The Labute approximate surface area is 166 Å². The van der Waals surface area contributed by atoms with E-state index in [1.54, 1.807) is 22.9 Å². The van der Waals surface area contributed by atoms with Gasteiger partial charge in [-0.1, -0.05) is 29.3 Å². The van der Waals surface area contributed by atoms with Gasteiger partial charge in [-0.3, -0.25) is 14.3 Å². The largest absolute Gasteiger partial charge is 0.373 e. The molecule has 0 N–H and O–H groups in total. The van der Waals surface area contributed by atoms with E-state index in [9.17, 15) is 9.59 Å². The van der Waals surface area contributed by atoms with Gasteiger partial charge in [-0.25, -0.2) is 4.90 Å². The van der Waals surface area contributed by atoms with E-state index in [2.05, 4.69) is 5.10 Å². The van der Waals surface area contributed by atoms with Crippen LogP contribution in [0, 0.1) is 18.8 Å². The molecule has 0 unspecified atom stereocenters. The molecule has 8 heteroatoms. The van der Waals surface area contributed by atoms with E-state index in [1.807, 2.05) is 13.0 Å². The Morgan fingerprint density at radius 3 is 2.37 bits per heavy atom. The van der Waals surface area contributed by atoms with Gasteiger partial charge in [-0.2, -0.15) is 5.10 Å². The van der Waals surface area contributed by atoms with Crippen LogP contribution < -0.4 is 4.90 Å². The molecule has 1 aromatic carbocycles. The van der Waals surface area contributed by atoms with Crippen molar-refractivity contribution in [1.29, 1.82) is 0 Å². The molecule has 3 aliphatic rings. The highest BCUT2D eigenvalue weighted by molar-refractivity contribution is 6.42. The van der Waals surface area contributed by atoms with Crippen LogP contribution in [0.1, 0.15) is 24.1 Å². The summed E-state index contributed by atoms with van der Waals surface area (Å²) in [6.07, 6.45) is 1.45. The molecule has 6 nitrogen and oxygen atoms in total. The van der Waals surface area contributed by atoms with Crippen LogP contribution in [0.15, 0.2) is 24.3 Å². The Balaban J connectivity index is 1.43. The first-order chi connectivity index (χ1) is 12.9. The Bertz CT molecular complexity index is 945. The quantitative estimate of drug-likeness (QED) is 0.735. The summed E-state index contributed by atoms with van der Waals surface area (Å²) in [6, 6.07) is 7.18.